The summed E-state index contributed by atoms with van der Waals surface area (Å²) >= 11 is 0. The van der Waals surface area contributed by atoms with Gasteiger partial charge in [-0.3, -0.25) is 4.79 Å². The molecule has 1 aliphatic carbocycles. The highest BCUT2D eigenvalue weighted by atomic mass is 19.4. The summed E-state index contributed by atoms with van der Waals surface area (Å²) in [7, 11) is 0. The average Bonchev–Trinajstić information content (AvgIpc) is 3.48. The zero-order chi connectivity index (χ0) is 28.7. The number of alkyl halides is 3. The molecule has 12 heteroatoms. The molecule has 0 saturated heterocycles. The molecular formula is C29H27F3N8O. The number of aryl methyl sites for hydroxylation is 2. The summed E-state index contributed by atoms with van der Waals surface area (Å²) in [5, 5.41) is 9.37. The van der Waals surface area contributed by atoms with Crippen molar-refractivity contribution in [2.75, 3.05) is 27.5 Å². The third kappa shape index (κ3) is 5.72. The van der Waals surface area contributed by atoms with Crippen LogP contribution in [0.3, 0.4) is 0 Å². The van der Waals surface area contributed by atoms with Crippen LogP contribution in [0.2, 0.25) is 0 Å². The van der Waals surface area contributed by atoms with Crippen LogP contribution in [0.25, 0.3) is 11.8 Å². The second-order valence-electron chi connectivity index (χ2n) is 10.2. The van der Waals surface area contributed by atoms with E-state index >= 15 is 0 Å². The number of carbonyl (C=O) groups excluding carboxylic acids is 1. The van der Waals surface area contributed by atoms with Crippen molar-refractivity contribution in [2.24, 2.45) is 0 Å². The summed E-state index contributed by atoms with van der Waals surface area (Å²) in [4.78, 5) is 28.0. The van der Waals surface area contributed by atoms with Gasteiger partial charge in [-0.05, 0) is 74.2 Å². The predicted octanol–water partition coefficient (Wildman–Crippen LogP) is 5.98. The van der Waals surface area contributed by atoms with E-state index in [1.807, 2.05) is 24.1 Å². The first-order valence-electron chi connectivity index (χ1n) is 13.1. The van der Waals surface area contributed by atoms with E-state index in [0.29, 0.717) is 24.0 Å². The van der Waals surface area contributed by atoms with E-state index in [1.54, 1.807) is 31.3 Å². The van der Waals surface area contributed by atoms with Crippen LogP contribution in [0.15, 0.2) is 61.4 Å². The molecule has 4 aromatic rings. The molecule has 1 aliphatic heterocycles. The van der Waals surface area contributed by atoms with Crippen LogP contribution in [0.4, 0.5) is 36.2 Å². The molecule has 0 bridgehead atoms. The minimum absolute atomic E-state index is 0.0267. The fraction of sp³-hybridized carbons (Fsp3) is 0.241. The van der Waals surface area contributed by atoms with Crippen molar-refractivity contribution in [2.45, 2.75) is 38.9 Å². The predicted molar refractivity (Wildman–Crippen MR) is 151 cm³/mol. The van der Waals surface area contributed by atoms with E-state index in [-0.39, 0.29) is 11.4 Å². The van der Waals surface area contributed by atoms with Crippen LogP contribution in [0, 0.1) is 13.8 Å². The lowest BCUT2D eigenvalue weighted by atomic mass is 10.0. The SMILES string of the molecule is Cc1cn(-c2cc(NC(=O)c3ccc(C)c(/C=C/N4CNc5c(NC6CC6)ncnc54)c3)cc(C(F)(F)F)c2)cn1. The molecule has 3 N–H and O–H groups in total. The molecule has 6 rings (SSSR count). The van der Waals surface area contributed by atoms with Crippen molar-refractivity contribution in [3.63, 3.8) is 0 Å². The molecule has 210 valence electrons. The number of nitrogens with one attached hydrogen (secondary N) is 3. The van der Waals surface area contributed by atoms with Crippen LogP contribution < -0.4 is 20.9 Å². The molecule has 0 unspecified atom stereocenters. The minimum atomic E-state index is -4.59. The fourth-order valence-electron chi connectivity index (χ4n) is 4.54. The van der Waals surface area contributed by atoms with Crippen molar-refractivity contribution < 1.29 is 18.0 Å². The highest BCUT2D eigenvalue weighted by Crippen LogP contribution is 2.37. The van der Waals surface area contributed by atoms with Crippen LogP contribution in [-0.4, -0.2) is 38.1 Å². The van der Waals surface area contributed by atoms with Gasteiger partial charge in [-0.25, -0.2) is 15.0 Å². The number of rotatable bonds is 7. The van der Waals surface area contributed by atoms with Gasteiger partial charge in [-0.2, -0.15) is 13.2 Å². The molecule has 2 aromatic heterocycles. The summed E-state index contributed by atoms with van der Waals surface area (Å²) in [5.74, 6) is 1.01. The number of halogens is 3. The summed E-state index contributed by atoms with van der Waals surface area (Å²) in [6, 6.07) is 9.03. The highest BCUT2D eigenvalue weighted by molar-refractivity contribution is 6.05. The van der Waals surface area contributed by atoms with Crippen LogP contribution >= 0.6 is 0 Å². The van der Waals surface area contributed by atoms with Crippen molar-refractivity contribution in [3.8, 4) is 5.69 Å². The standard InChI is InChI=1S/C29H27F3N8O/c1-17-3-4-20(9-19(17)7-8-39-16-36-25-26(37-22-5-6-22)33-14-34-27(25)39)28(41)38-23-10-21(29(30,31)32)11-24(12-23)40-13-18(2)35-15-40/h3-4,7-15,22,36H,5-6,16H2,1-2H3,(H,38,41)(H,33,34,37)/b8-7+. The summed E-state index contributed by atoms with van der Waals surface area (Å²) in [6.07, 6.45) is 6.00. The third-order valence-corrected chi connectivity index (χ3v) is 6.93. The molecule has 2 aliphatic rings. The molecule has 0 spiro atoms. The number of nitrogens with zero attached hydrogens (tertiary/aromatic N) is 5. The Morgan fingerprint density at radius 2 is 1.93 bits per heavy atom. The average molecular weight is 561 g/mol. The Bertz CT molecular complexity index is 1660. The first-order valence-corrected chi connectivity index (χ1v) is 13.1. The number of hydrogen-bond donors (Lipinski definition) is 3. The summed E-state index contributed by atoms with van der Waals surface area (Å²) in [5.41, 5.74) is 2.93. The Hall–Kier alpha value is -4.87. The molecule has 1 saturated carbocycles. The van der Waals surface area contributed by atoms with Gasteiger partial charge in [-0.15, -0.1) is 0 Å². The molecule has 0 atom stereocenters. The highest BCUT2D eigenvalue weighted by Gasteiger charge is 2.32. The Labute approximate surface area is 234 Å². The largest absolute Gasteiger partial charge is 0.416 e. The number of fused-ring (bicyclic) bond motifs is 1. The minimum Gasteiger partial charge on any atom is -0.365 e. The van der Waals surface area contributed by atoms with Gasteiger partial charge >= 0.3 is 6.18 Å². The number of benzene rings is 2. The van der Waals surface area contributed by atoms with Gasteiger partial charge in [0.1, 0.15) is 12.0 Å². The lowest BCUT2D eigenvalue weighted by Crippen LogP contribution is -2.16. The van der Waals surface area contributed by atoms with Crippen molar-refractivity contribution >= 4 is 35.0 Å². The zero-order valence-electron chi connectivity index (χ0n) is 22.3. The Balaban J connectivity index is 1.23. The molecule has 9 nitrogen and oxygen atoms in total. The second-order valence-corrected chi connectivity index (χ2v) is 10.2. The second kappa shape index (κ2) is 10.3. The topological polar surface area (TPSA) is 100 Å². The number of imidazole rings is 1. The van der Waals surface area contributed by atoms with Crippen LogP contribution in [-0.2, 0) is 6.18 Å². The van der Waals surface area contributed by atoms with E-state index < -0.39 is 17.6 Å². The molecular weight excluding hydrogens is 533 g/mol. The van der Waals surface area contributed by atoms with E-state index in [1.165, 1.54) is 23.3 Å². The third-order valence-electron chi connectivity index (χ3n) is 6.93. The smallest absolute Gasteiger partial charge is 0.365 e. The Morgan fingerprint density at radius 1 is 1.10 bits per heavy atom. The molecule has 2 aromatic carbocycles. The lowest BCUT2D eigenvalue weighted by Gasteiger charge is -2.14. The van der Waals surface area contributed by atoms with E-state index in [2.05, 4.69) is 30.9 Å². The van der Waals surface area contributed by atoms with Gasteiger partial charge < -0.3 is 25.4 Å². The van der Waals surface area contributed by atoms with Gasteiger partial charge in [-0.1, -0.05) is 6.07 Å². The lowest BCUT2D eigenvalue weighted by molar-refractivity contribution is -0.137. The molecule has 3 heterocycles. The van der Waals surface area contributed by atoms with E-state index in [0.717, 1.165) is 53.4 Å². The quantitative estimate of drug-likeness (QED) is 0.256. The number of aromatic nitrogens is 4. The number of hydrogen-bond acceptors (Lipinski definition) is 7. The van der Waals surface area contributed by atoms with Gasteiger partial charge in [0.05, 0.1) is 24.3 Å². The summed E-state index contributed by atoms with van der Waals surface area (Å²) in [6.45, 7) is 4.17. The Morgan fingerprint density at radius 3 is 2.66 bits per heavy atom. The molecule has 1 amide bonds. The maximum absolute atomic E-state index is 13.6. The Kier molecular flexibility index (Phi) is 6.60. The summed E-state index contributed by atoms with van der Waals surface area (Å²) < 4.78 is 42.4. The van der Waals surface area contributed by atoms with Gasteiger partial charge in [0, 0.05) is 35.4 Å². The van der Waals surface area contributed by atoms with Gasteiger partial charge in [0.25, 0.3) is 5.91 Å². The molecule has 1 fully saturated rings. The van der Waals surface area contributed by atoms with Gasteiger partial charge in [0.15, 0.2) is 11.6 Å². The zero-order valence-corrected chi connectivity index (χ0v) is 22.3. The molecule has 41 heavy (non-hydrogen) atoms. The first-order chi connectivity index (χ1) is 19.6. The monoisotopic (exact) mass is 560 g/mol. The van der Waals surface area contributed by atoms with Crippen LogP contribution in [0.1, 0.15) is 45.6 Å². The van der Waals surface area contributed by atoms with E-state index in [4.69, 9.17) is 0 Å². The van der Waals surface area contributed by atoms with Crippen molar-refractivity contribution in [1.82, 2.24) is 19.5 Å². The van der Waals surface area contributed by atoms with Crippen molar-refractivity contribution in [3.05, 3.63) is 89.4 Å². The van der Waals surface area contributed by atoms with E-state index in [9.17, 15) is 18.0 Å². The van der Waals surface area contributed by atoms with Gasteiger partial charge in [0.2, 0.25) is 0 Å². The maximum Gasteiger partial charge on any atom is 0.416 e. The number of carbonyl (C=O) groups is 1. The number of amides is 1. The number of anilines is 4. The first kappa shape index (κ1) is 26.4. The van der Waals surface area contributed by atoms with Crippen LogP contribution in [0.5, 0.6) is 0 Å². The molecule has 0 radical (unpaired) electrons. The maximum atomic E-state index is 13.6. The fourth-order valence-corrected chi connectivity index (χ4v) is 4.54. The van der Waals surface area contributed by atoms with Crippen molar-refractivity contribution in [1.29, 1.82) is 0 Å². The normalized spacial score (nSPS) is 14.7.